The van der Waals surface area contributed by atoms with E-state index >= 15 is 0 Å². The molecule has 0 bridgehead atoms. The highest BCUT2D eigenvalue weighted by Gasteiger charge is 2.40. The first-order chi connectivity index (χ1) is 11.8. The lowest BCUT2D eigenvalue weighted by Crippen LogP contribution is -2.37. The van der Waals surface area contributed by atoms with Gasteiger partial charge in [-0.3, -0.25) is 0 Å². The van der Waals surface area contributed by atoms with Crippen LogP contribution in [0.15, 0.2) is 35.1 Å². The van der Waals surface area contributed by atoms with Gasteiger partial charge < -0.3 is 9.47 Å². The van der Waals surface area contributed by atoms with Crippen LogP contribution in [0.5, 0.6) is 5.75 Å². The normalized spacial score (nSPS) is 21.0. The molecule has 2 atom stereocenters. The van der Waals surface area contributed by atoms with Crippen LogP contribution >= 0.6 is 34.4 Å². The minimum atomic E-state index is -0.0553. The van der Waals surface area contributed by atoms with Crippen molar-refractivity contribution in [1.82, 2.24) is 0 Å². The van der Waals surface area contributed by atoms with Crippen LogP contribution in [0.4, 0.5) is 0 Å². The van der Waals surface area contributed by atoms with E-state index in [2.05, 4.69) is 62.8 Å². The predicted molar refractivity (Wildman–Crippen MR) is 112 cm³/mol. The number of hydrogen-bond acceptors (Lipinski definition) is 5. The molecule has 0 aromatic carbocycles. The number of thioether (sulfide) groups is 1. The van der Waals surface area contributed by atoms with Crippen LogP contribution in [0.1, 0.15) is 42.3 Å². The van der Waals surface area contributed by atoms with Gasteiger partial charge in [0.05, 0.1) is 18.1 Å². The molecule has 3 rings (SSSR count). The molecule has 25 heavy (non-hydrogen) atoms. The number of thiophene rings is 2. The SMILES string of the molecule is COc1ccsc1C(C)(C)c1ccc(C(C)(C)C2SC=CC2OC)s1. The van der Waals surface area contributed by atoms with Crippen molar-refractivity contribution in [2.75, 3.05) is 14.2 Å². The lowest BCUT2D eigenvalue weighted by atomic mass is 9.84. The Kier molecular flexibility index (Phi) is 5.41. The fourth-order valence-corrected chi connectivity index (χ4v) is 6.99. The third kappa shape index (κ3) is 3.32. The topological polar surface area (TPSA) is 18.5 Å². The van der Waals surface area contributed by atoms with Gasteiger partial charge in [-0.05, 0) is 48.9 Å². The van der Waals surface area contributed by atoms with E-state index in [9.17, 15) is 0 Å². The number of hydrogen-bond donors (Lipinski definition) is 0. The molecule has 0 amide bonds. The van der Waals surface area contributed by atoms with Crippen LogP contribution in [0.25, 0.3) is 0 Å². The van der Waals surface area contributed by atoms with E-state index in [1.165, 1.54) is 14.6 Å². The van der Waals surface area contributed by atoms with Crippen molar-refractivity contribution in [2.24, 2.45) is 0 Å². The molecule has 0 saturated carbocycles. The number of rotatable bonds is 6. The Labute approximate surface area is 163 Å². The number of methoxy groups -OCH3 is 2. The minimum Gasteiger partial charge on any atom is -0.496 e. The second kappa shape index (κ2) is 7.10. The summed E-state index contributed by atoms with van der Waals surface area (Å²) in [6.07, 6.45) is 2.35. The van der Waals surface area contributed by atoms with Gasteiger partial charge in [-0.1, -0.05) is 13.8 Å². The zero-order valence-electron chi connectivity index (χ0n) is 15.7. The average molecular weight is 395 g/mol. The summed E-state index contributed by atoms with van der Waals surface area (Å²) in [5, 5.41) is 4.69. The highest BCUT2D eigenvalue weighted by molar-refractivity contribution is 8.03. The zero-order valence-corrected chi connectivity index (χ0v) is 18.1. The van der Waals surface area contributed by atoms with Gasteiger partial charge in [0.2, 0.25) is 0 Å². The summed E-state index contributed by atoms with van der Waals surface area (Å²) in [5.74, 6) is 0.985. The van der Waals surface area contributed by atoms with Crippen molar-refractivity contribution in [3.8, 4) is 5.75 Å². The molecule has 1 aliphatic rings. The fraction of sp³-hybridized carbons (Fsp3) is 0.500. The molecule has 1 aliphatic heterocycles. The third-order valence-corrected chi connectivity index (χ3v) is 9.48. The van der Waals surface area contributed by atoms with Crippen molar-refractivity contribution in [3.63, 3.8) is 0 Å². The van der Waals surface area contributed by atoms with Crippen LogP contribution < -0.4 is 4.74 Å². The molecule has 3 heterocycles. The smallest absolute Gasteiger partial charge is 0.133 e. The fourth-order valence-electron chi connectivity index (χ4n) is 3.35. The van der Waals surface area contributed by atoms with Gasteiger partial charge in [-0.15, -0.1) is 34.4 Å². The predicted octanol–water partition coefficient (Wildman–Crippen LogP) is 6.07. The summed E-state index contributed by atoms with van der Waals surface area (Å²) in [4.78, 5) is 4.07. The monoisotopic (exact) mass is 394 g/mol. The van der Waals surface area contributed by atoms with E-state index < -0.39 is 0 Å². The summed E-state index contributed by atoms with van der Waals surface area (Å²) < 4.78 is 11.2. The lowest BCUT2D eigenvalue weighted by Gasteiger charge is -2.33. The molecule has 0 radical (unpaired) electrons. The van der Waals surface area contributed by atoms with Gasteiger partial charge in [-0.25, -0.2) is 0 Å². The second-order valence-corrected chi connectivity index (χ2v) is 10.5. The summed E-state index contributed by atoms with van der Waals surface area (Å²) >= 11 is 5.57. The standard InChI is InChI=1S/C20H26O2S3/c1-19(2,17-13(21-5)9-11-23-17)15-7-8-16(25-15)20(3,4)18-14(22-6)10-12-24-18/h7-13,17H,1-6H3. The molecule has 2 aromatic heterocycles. The van der Waals surface area contributed by atoms with E-state index in [1.54, 1.807) is 25.6 Å². The van der Waals surface area contributed by atoms with Crippen molar-refractivity contribution >= 4 is 34.4 Å². The van der Waals surface area contributed by atoms with Crippen molar-refractivity contribution in [2.45, 2.75) is 49.9 Å². The lowest BCUT2D eigenvalue weighted by molar-refractivity contribution is 0.124. The second-order valence-electron chi connectivity index (χ2n) is 7.41. The Morgan fingerprint density at radius 1 is 1.00 bits per heavy atom. The van der Waals surface area contributed by atoms with E-state index in [0.717, 1.165) is 5.75 Å². The van der Waals surface area contributed by atoms with Crippen LogP contribution in [0.3, 0.4) is 0 Å². The van der Waals surface area contributed by atoms with Gasteiger partial charge in [0, 0.05) is 32.9 Å². The molecule has 0 fully saturated rings. The maximum absolute atomic E-state index is 5.68. The molecule has 136 valence electrons. The molecule has 0 spiro atoms. The van der Waals surface area contributed by atoms with Gasteiger partial charge in [0.1, 0.15) is 5.75 Å². The van der Waals surface area contributed by atoms with Crippen LogP contribution in [0, 0.1) is 0 Å². The summed E-state index contributed by atoms with van der Waals surface area (Å²) in [5.41, 5.74) is -0.00634. The zero-order chi connectivity index (χ0) is 18.2. The van der Waals surface area contributed by atoms with Gasteiger partial charge in [0.25, 0.3) is 0 Å². The maximum Gasteiger partial charge on any atom is 0.133 e. The minimum absolute atomic E-state index is 0.0490. The molecular formula is C20H26O2S3. The molecule has 0 N–H and O–H groups in total. The quantitative estimate of drug-likeness (QED) is 0.593. The van der Waals surface area contributed by atoms with Gasteiger partial charge >= 0.3 is 0 Å². The first-order valence-corrected chi connectivity index (χ1v) is 11.0. The largest absolute Gasteiger partial charge is 0.496 e. The highest BCUT2D eigenvalue weighted by atomic mass is 32.2. The van der Waals surface area contributed by atoms with Crippen molar-refractivity contribution < 1.29 is 9.47 Å². The van der Waals surface area contributed by atoms with Crippen molar-refractivity contribution in [3.05, 3.63) is 49.7 Å². The molecule has 5 heteroatoms. The van der Waals surface area contributed by atoms with E-state index in [1.807, 2.05) is 23.1 Å². The molecule has 2 nitrogen and oxygen atoms in total. The summed E-state index contributed by atoms with van der Waals surface area (Å²) in [7, 11) is 3.55. The first-order valence-electron chi connectivity index (χ1n) is 8.40. The maximum atomic E-state index is 5.68. The summed E-state index contributed by atoms with van der Waals surface area (Å²) in [6.45, 7) is 9.23. The molecule has 2 aromatic rings. The van der Waals surface area contributed by atoms with Crippen LogP contribution in [-0.2, 0) is 15.6 Å². The Morgan fingerprint density at radius 2 is 1.72 bits per heavy atom. The van der Waals surface area contributed by atoms with E-state index in [4.69, 9.17) is 9.47 Å². The summed E-state index contributed by atoms with van der Waals surface area (Å²) in [6, 6.07) is 6.65. The van der Waals surface area contributed by atoms with Gasteiger partial charge in [0.15, 0.2) is 0 Å². The highest BCUT2D eigenvalue weighted by Crippen LogP contribution is 2.48. The third-order valence-electron chi connectivity index (χ3n) is 5.05. The van der Waals surface area contributed by atoms with E-state index in [0.29, 0.717) is 5.25 Å². The Bertz CT molecular complexity index is 755. The molecular weight excluding hydrogens is 368 g/mol. The Balaban J connectivity index is 1.92. The molecule has 2 unspecified atom stereocenters. The average Bonchev–Trinajstić information content (AvgIpc) is 3.34. The number of ether oxygens (including phenoxy) is 2. The van der Waals surface area contributed by atoms with Crippen LogP contribution in [-0.4, -0.2) is 25.6 Å². The van der Waals surface area contributed by atoms with E-state index in [-0.39, 0.29) is 16.9 Å². The molecule has 0 aliphatic carbocycles. The Hall–Kier alpha value is -0.750. The molecule has 0 saturated heterocycles. The Morgan fingerprint density at radius 3 is 2.40 bits per heavy atom. The van der Waals surface area contributed by atoms with Crippen molar-refractivity contribution in [1.29, 1.82) is 0 Å². The van der Waals surface area contributed by atoms with Gasteiger partial charge in [-0.2, -0.15) is 0 Å². The van der Waals surface area contributed by atoms with Crippen LogP contribution in [0.2, 0.25) is 0 Å². The first kappa shape index (κ1) is 19.0.